The number of benzene rings is 4. The molecule has 33 heavy (non-hydrogen) atoms. The number of fused-ring (bicyclic) bond motifs is 1. The number of hydrazone groups is 1. The second kappa shape index (κ2) is 10.2. The van der Waals surface area contributed by atoms with Gasteiger partial charge in [-0.3, -0.25) is 4.79 Å². The molecule has 0 aromatic heterocycles. The van der Waals surface area contributed by atoms with Crippen molar-refractivity contribution in [3.63, 3.8) is 0 Å². The molecule has 1 amide bonds. The van der Waals surface area contributed by atoms with Gasteiger partial charge in [0, 0.05) is 20.6 Å². The predicted octanol–water partition coefficient (Wildman–Crippen LogP) is 6.89. The van der Waals surface area contributed by atoms with Crippen LogP contribution in [0.3, 0.4) is 0 Å². The summed E-state index contributed by atoms with van der Waals surface area (Å²) in [5.41, 5.74) is 3.66. The molecule has 4 rings (SSSR count). The fourth-order valence-corrected chi connectivity index (χ4v) is 4.04. The molecular formula is C25H15BrCl2N2O3. The maximum absolute atomic E-state index is 12.8. The minimum Gasteiger partial charge on any atom is -0.422 e. The number of carbonyl (C=O) groups excluding carboxylic acids is 2. The maximum atomic E-state index is 12.8. The molecule has 0 radical (unpaired) electrons. The lowest BCUT2D eigenvalue weighted by Gasteiger charge is -2.11. The van der Waals surface area contributed by atoms with Crippen LogP contribution in [-0.2, 0) is 0 Å². The Morgan fingerprint density at radius 2 is 1.76 bits per heavy atom. The first kappa shape index (κ1) is 23.0. The highest BCUT2D eigenvalue weighted by molar-refractivity contribution is 9.10. The lowest BCUT2D eigenvalue weighted by molar-refractivity contribution is 0.0734. The quantitative estimate of drug-likeness (QED) is 0.129. The Hall–Kier alpha value is -3.19. The zero-order valence-electron chi connectivity index (χ0n) is 16.9. The summed E-state index contributed by atoms with van der Waals surface area (Å²) in [5.74, 6) is -0.746. The molecule has 0 unspecified atom stereocenters. The van der Waals surface area contributed by atoms with Crippen LogP contribution < -0.4 is 10.2 Å². The summed E-state index contributed by atoms with van der Waals surface area (Å²) in [6.07, 6.45) is 1.45. The van der Waals surface area contributed by atoms with Gasteiger partial charge in [-0.15, -0.1) is 0 Å². The molecule has 4 aromatic carbocycles. The highest BCUT2D eigenvalue weighted by Crippen LogP contribution is 2.29. The van der Waals surface area contributed by atoms with E-state index in [0.29, 0.717) is 16.1 Å². The molecule has 8 heteroatoms. The van der Waals surface area contributed by atoms with E-state index in [1.807, 2.05) is 36.4 Å². The summed E-state index contributed by atoms with van der Waals surface area (Å²) in [6, 6.07) is 22.5. The third-order valence-corrected chi connectivity index (χ3v) is 5.77. The second-order valence-corrected chi connectivity index (χ2v) is 8.68. The third-order valence-electron chi connectivity index (χ3n) is 4.73. The monoisotopic (exact) mass is 540 g/mol. The summed E-state index contributed by atoms with van der Waals surface area (Å²) < 4.78 is 6.42. The molecule has 1 N–H and O–H groups in total. The minimum atomic E-state index is -0.639. The third kappa shape index (κ3) is 5.42. The minimum absolute atomic E-state index is 0.181. The van der Waals surface area contributed by atoms with Gasteiger partial charge in [-0.05, 0) is 53.2 Å². The van der Waals surface area contributed by atoms with Gasteiger partial charge in [-0.2, -0.15) is 5.10 Å². The second-order valence-electron chi connectivity index (χ2n) is 6.92. The van der Waals surface area contributed by atoms with Gasteiger partial charge >= 0.3 is 5.97 Å². The average molecular weight is 542 g/mol. The van der Waals surface area contributed by atoms with Crippen molar-refractivity contribution in [3.05, 3.63) is 110 Å². The molecular weight excluding hydrogens is 527 g/mol. The molecule has 164 valence electrons. The number of amides is 1. The fraction of sp³-hybridized carbons (Fsp3) is 0. The number of halogens is 3. The molecule has 0 atom stereocenters. The number of carbonyl (C=O) groups is 2. The highest BCUT2D eigenvalue weighted by atomic mass is 79.9. The number of hydrogen-bond acceptors (Lipinski definition) is 4. The summed E-state index contributed by atoms with van der Waals surface area (Å²) in [4.78, 5) is 25.2. The standard InChI is InChI=1S/C25H15BrCl2N2O3/c26-17-6-3-5-16(12-17)24(31)30-29-14-21-19-7-2-1-4-15(19)8-11-23(21)33-25(32)20-10-9-18(27)13-22(20)28/h1-14H,(H,30,31)/b29-14-. The van der Waals surface area contributed by atoms with Crippen LogP contribution in [0.5, 0.6) is 5.75 Å². The topological polar surface area (TPSA) is 67.8 Å². The Balaban J connectivity index is 1.64. The normalized spacial score (nSPS) is 11.0. The summed E-state index contributed by atoms with van der Waals surface area (Å²) in [5, 5.41) is 6.41. The molecule has 5 nitrogen and oxygen atoms in total. The predicted molar refractivity (Wildman–Crippen MR) is 135 cm³/mol. The number of nitrogens with one attached hydrogen (secondary N) is 1. The van der Waals surface area contributed by atoms with Crippen molar-refractivity contribution in [2.45, 2.75) is 0 Å². The van der Waals surface area contributed by atoms with Gasteiger partial charge in [0.05, 0.1) is 16.8 Å². The van der Waals surface area contributed by atoms with Crippen LogP contribution in [0.25, 0.3) is 10.8 Å². The van der Waals surface area contributed by atoms with Crippen molar-refractivity contribution >= 4 is 68.0 Å². The van der Waals surface area contributed by atoms with E-state index >= 15 is 0 Å². The zero-order chi connectivity index (χ0) is 23.4. The Labute approximate surface area is 208 Å². The zero-order valence-corrected chi connectivity index (χ0v) is 20.0. The van der Waals surface area contributed by atoms with Gasteiger partial charge in [0.1, 0.15) is 5.75 Å². The van der Waals surface area contributed by atoms with E-state index in [-0.39, 0.29) is 22.2 Å². The van der Waals surface area contributed by atoms with Crippen molar-refractivity contribution in [3.8, 4) is 5.75 Å². The van der Waals surface area contributed by atoms with Crippen molar-refractivity contribution in [2.75, 3.05) is 0 Å². The number of ether oxygens (including phenoxy) is 1. The fourth-order valence-electron chi connectivity index (χ4n) is 3.16. The number of nitrogens with zero attached hydrogens (tertiary/aromatic N) is 1. The lowest BCUT2D eigenvalue weighted by atomic mass is 10.0. The lowest BCUT2D eigenvalue weighted by Crippen LogP contribution is -2.17. The molecule has 0 saturated carbocycles. The first-order valence-electron chi connectivity index (χ1n) is 9.70. The van der Waals surface area contributed by atoms with E-state index in [9.17, 15) is 9.59 Å². The van der Waals surface area contributed by atoms with Crippen molar-refractivity contribution < 1.29 is 14.3 Å². The SMILES string of the molecule is O=C(N/N=C\c1c(OC(=O)c2ccc(Cl)cc2Cl)ccc2ccccc12)c1cccc(Br)c1. The number of hydrogen-bond donors (Lipinski definition) is 1. The van der Waals surface area contributed by atoms with Crippen LogP contribution in [-0.4, -0.2) is 18.1 Å². The van der Waals surface area contributed by atoms with Crippen LogP contribution in [0, 0.1) is 0 Å². The summed E-state index contributed by atoms with van der Waals surface area (Å²) >= 11 is 15.4. The van der Waals surface area contributed by atoms with Crippen molar-refractivity contribution in [1.29, 1.82) is 0 Å². The van der Waals surface area contributed by atoms with Gasteiger partial charge in [0.2, 0.25) is 0 Å². The van der Waals surface area contributed by atoms with E-state index in [1.165, 1.54) is 18.3 Å². The van der Waals surface area contributed by atoms with Crippen molar-refractivity contribution in [2.24, 2.45) is 5.10 Å². The molecule has 0 aliphatic heterocycles. The van der Waals surface area contributed by atoms with E-state index in [2.05, 4.69) is 26.5 Å². The Morgan fingerprint density at radius 1 is 0.939 bits per heavy atom. The molecule has 0 fully saturated rings. The molecule has 0 bridgehead atoms. The van der Waals surface area contributed by atoms with Gasteiger partial charge < -0.3 is 4.74 Å². The molecule has 0 saturated heterocycles. The summed E-state index contributed by atoms with van der Waals surface area (Å²) in [6.45, 7) is 0. The average Bonchev–Trinajstić information content (AvgIpc) is 2.80. The van der Waals surface area contributed by atoms with E-state index in [0.717, 1.165) is 15.2 Å². The van der Waals surface area contributed by atoms with Crippen LogP contribution in [0.15, 0.2) is 88.4 Å². The Kier molecular flexibility index (Phi) is 7.08. The Bertz CT molecular complexity index is 1410. The molecule has 0 heterocycles. The van der Waals surface area contributed by atoms with Gasteiger partial charge in [0.25, 0.3) is 5.91 Å². The molecule has 0 aliphatic rings. The van der Waals surface area contributed by atoms with Crippen molar-refractivity contribution in [1.82, 2.24) is 5.43 Å². The molecule has 4 aromatic rings. The van der Waals surface area contributed by atoms with E-state index in [1.54, 1.807) is 30.3 Å². The first-order valence-corrected chi connectivity index (χ1v) is 11.3. The van der Waals surface area contributed by atoms with E-state index < -0.39 is 5.97 Å². The maximum Gasteiger partial charge on any atom is 0.345 e. The van der Waals surface area contributed by atoms with Crippen LogP contribution in [0.1, 0.15) is 26.3 Å². The molecule has 0 aliphatic carbocycles. The number of esters is 1. The smallest absolute Gasteiger partial charge is 0.345 e. The Morgan fingerprint density at radius 3 is 2.55 bits per heavy atom. The molecule has 0 spiro atoms. The van der Waals surface area contributed by atoms with Gasteiger partial charge in [-0.25, -0.2) is 10.2 Å². The van der Waals surface area contributed by atoms with Gasteiger partial charge in [0.15, 0.2) is 0 Å². The largest absolute Gasteiger partial charge is 0.422 e. The van der Waals surface area contributed by atoms with Crippen LogP contribution >= 0.6 is 39.1 Å². The van der Waals surface area contributed by atoms with Crippen LogP contribution in [0.4, 0.5) is 0 Å². The van der Waals surface area contributed by atoms with Gasteiger partial charge in [-0.1, -0.05) is 75.5 Å². The first-order chi connectivity index (χ1) is 15.9. The van der Waals surface area contributed by atoms with Crippen LogP contribution in [0.2, 0.25) is 10.0 Å². The van der Waals surface area contributed by atoms with E-state index in [4.69, 9.17) is 27.9 Å². The summed E-state index contributed by atoms with van der Waals surface area (Å²) in [7, 11) is 0. The highest BCUT2D eigenvalue weighted by Gasteiger charge is 2.16. The number of rotatable bonds is 5.